The Hall–Kier alpha value is -0.990. The number of amides is 2. The molecule has 0 saturated heterocycles. The average Bonchev–Trinajstić information content (AvgIpc) is 2.28. The van der Waals surface area contributed by atoms with Crippen molar-refractivity contribution in [3.63, 3.8) is 0 Å². The van der Waals surface area contributed by atoms with Gasteiger partial charge < -0.3 is 15.7 Å². The molecular weight excluding hydrogens is 352 g/mol. The summed E-state index contributed by atoms with van der Waals surface area (Å²) in [5.41, 5.74) is 0.240. The highest BCUT2D eigenvalue weighted by Crippen LogP contribution is 2.25. The van der Waals surface area contributed by atoms with Crippen molar-refractivity contribution in [2.45, 2.75) is 12.3 Å². The van der Waals surface area contributed by atoms with Crippen LogP contribution >= 0.6 is 27.5 Å². The number of hydrogen-bond acceptors (Lipinski definition) is 2. The Kier molecular flexibility index (Phi) is 5.45. The molecule has 1 rings (SSSR count). The third-order valence-electron chi connectivity index (χ3n) is 2.01. The topological polar surface area (TPSA) is 61.4 Å². The molecule has 1 aromatic rings. The van der Waals surface area contributed by atoms with Crippen LogP contribution in [0.4, 0.5) is 23.7 Å². The smallest absolute Gasteiger partial charge is 0.382 e. The van der Waals surface area contributed by atoms with E-state index >= 15 is 0 Å². The highest BCUT2D eigenvalue weighted by Gasteiger charge is 2.38. The van der Waals surface area contributed by atoms with E-state index in [1.165, 1.54) is 12.1 Å². The van der Waals surface area contributed by atoms with Gasteiger partial charge in [-0.15, -0.1) is 0 Å². The van der Waals surface area contributed by atoms with Crippen molar-refractivity contribution in [2.24, 2.45) is 0 Å². The number of benzene rings is 1. The lowest BCUT2D eigenvalue weighted by Gasteiger charge is -2.15. The molecule has 9 heteroatoms. The summed E-state index contributed by atoms with van der Waals surface area (Å²) in [4.78, 5) is 11.3. The van der Waals surface area contributed by atoms with E-state index in [1.807, 2.05) is 5.32 Å². The van der Waals surface area contributed by atoms with Gasteiger partial charge in [-0.3, -0.25) is 0 Å². The minimum absolute atomic E-state index is 0.223. The van der Waals surface area contributed by atoms with Crippen molar-refractivity contribution >= 4 is 39.2 Å². The summed E-state index contributed by atoms with van der Waals surface area (Å²) in [6.45, 7) is -0.941. The zero-order valence-electron chi connectivity index (χ0n) is 9.26. The zero-order valence-corrected chi connectivity index (χ0v) is 11.6. The molecule has 0 radical (unpaired) electrons. The normalized spacial score (nSPS) is 12.9. The Labute approximate surface area is 120 Å². The maximum Gasteiger partial charge on any atom is 0.416 e. The number of rotatable bonds is 3. The van der Waals surface area contributed by atoms with E-state index in [1.54, 1.807) is 6.07 Å². The second-order valence-corrected chi connectivity index (χ2v) is 4.84. The summed E-state index contributed by atoms with van der Waals surface area (Å²) in [6.07, 6.45) is -7.39. The van der Waals surface area contributed by atoms with Crippen LogP contribution in [0, 0.1) is 0 Å². The Morgan fingerprint density at radius 3 is 2.63 bits per heavy atom. The van der Waals surface area contributed by atoms with E-state index < -0.39 is 24.9 Å². The third-order valence-corrected chi connectivity index (χ3v) is 2.82. The fraction of sp³-hybridized carbons (Fsp3) is 0.300. The van der Waals surface area contributed by atoms with Gasteiger partial charge in [-0.2, -0.15) is 13.2 Å². The van der Waals surface area contributed by atoms with Gasteiger partial charge in [0.25, 0.3) is 0 Å². The molecular formula is C10H9BrClF3N2O2. The molecule has 0 aliphatic heterocycles. The van der Waals surface area contributed by atoms with E-state index in [9.17, 15) is 18.0 Å². The monoisotopic (exact) mass is 360 g/mol. The maximum atomic E-state index is 12.0. The number of carbonyl (C=O) groups excluding carboxylic acids is 1. The predicted molar refractivity (Wildman–Crippen MR) is 68.2 cm³/mol. The van der Waals surface area contributed by atoms with Crippen molar-refractivity contribution in [1.29, 1.82) is 0 Å². The number of alkyl halides is 3. The van der Waals surface area contributed by atoms with Gasteiger partial charge in [0, 0.05) is 4.47 Å². The number of aliphatic hydroxyl groups is 1. The molecule has 0 aromatic heterocycles. The third kappa shape index (κ3) is 5.25. The van der Waals surface area contributed by atoms with E-state index in [0.717, 1.165) is 0 Å². The first kappa shape index (κ1) is 16.1. The van der Waals surface area contributed by atoms with Crippen molar-refractivity contribution in [2.75, 3.05) is 11.9 Å². The minimum Gasteiger partial charge on any atom is -0.382 e. The number of hydrogen-bond donors (Lipinski definition) is 3. The van der Waals surface area contributed by atoms with E-state index in [-0.39, 0.29) is 10.7 Å². The van der Waals surface area contributed by atoms with Crippen LogP contribution in [0.1, 0.15) is 0 Å². The Balaban J connectivity index is 2.52. The van der Waals surface area contributed by atoms with Gasteiger partial charge in [0.2, 0.25) is 0 Å². The van der Waals surface area contributed by atoms with Crippen LogP contribution in [0.2, 0.25) is 5.02 Å². The first-order valence-electron chi connectivity index (χ1n) is 4.95. The fourth-order valence-electron chi connectivity index (χ4n) is 1.06. The molecule has 1 aromatic carbocycles. The Bertz CT molecular complexity index is 471. The average molecular weight is 362 g/mol. The van der Waals surface area contributed by atoms with Gasteiger partial charge in [0.05, 0.1) is 17.3 Å². The van der Waals surface area contributed by atoms with Crippen LogP contribution in [0.5, 0.6) is 0 Å². The lowest BCUT2D eigenvalue weighted by Crippen LogP contribution is -2.42. The first-order chi connectivity index (χ1) is 8.70. The highest BCUT2D eigenvalue weighted by molar-refractivity contribution is 9.10. The number of aliphatic hydroxyl groups excluding tert-OH is 1. The first-order valence-corrected chi connectivity index (χ1v) is 6.12. The molecule has 19 heavy (non-hydrogen) atoms. The summed E-state index contributed by atoms with van der Waals surface area (Å²) in [7, 11) is 0. The Morgan fingerprint density at radius 2 is 2.11 bits per heavy atom. The standard InChI is InChI=1S/C10H9BrClF3N2O2/c11-5-1-2-7(6(12)3-5)17-9(19)16-4-8(18)10(13,14)15/h1-3,8,18H,4H2,(H2,16,17,19)/t8-/m1/s1. The zero-order chi connectivity index (χ0) is 14.6. The number of nitrogens with one attached hydrogen (secondary N) is 2. The van der Waals surface area contributed by atoms with Crippen molar-refractivity contribution < 1.29 is 23.1 Å². The summed E-state index contributed by atoms with van der Waals surface area (Å²) < 4.78 is 36.7. The number of halogens is 5. The van der Waals surface area contributed by atoms with E-state index in [0.29, 0.717) is 4.47 Å². The molecule has 3 N–H and O–H groups in total. The largest absolute Gasteiger partial charge is 0.416 e. The Morgan fingerprint density at radius 1 is 1.47 bits per heavy atom. The van der Waals surface area contributed by atoms with Crippen LogP contribution in [-0.2, 0) is 0 Å². The molecule has 0 bridgehead atoms. The fourth-order valence-corrected chi connectivity index (χ4v) is 1.78. The number of urea groups is 1. The molecule has 0 unspecified atom stereocenters. The quantitative estimate of drug-likeness (QED) is 0.774. The van der Waals surface area contributed by atoms with E-state index in [4.69, 9.17) is 16.7 Å². The predicted octanol–water partition coefficient (Wildman–Crippen LogP) is 3.15. The molecule has 0 saturated carbocycles. The summed E-state index contributed by atoms with van der Waals surface area (Å²) >= 11 is 8.97. The molecule has 106 valence electrons. The van der Waals surface area contributed by atoms with E-state index in [2.05, 4.69) is 21.2 Å². The molecule has 0 fully saturated rings. The van der Waals surface area contributed by atoms with Gasteiger partial charge in [0.15, 0.2) is 6.10 Å². The molecule has 2 amide bonds. The van der Waals surface area contributed by atoms with Gasteiger partial charge in [0.1, 0.15) is 0 Å². The van der Waals surface area contributed by atoms with Crippen LogP contribution in [0.3, 0.4) is 0 Å². The minimum atomic E-state index is -4.78. The molecule has 0 spiro atoms. The van der Waals surface area contributed by atoms with Crippen LogP contribution in [0.25, 0.3) is 0 Å². The lowest BCUT2D eigenvalue weighted by molar-refractivity contribution is -0.201. The second-order valence-electron chi connectivity index (χ2n) is 3.52. The van der Waals surface area contributed by atoms with Gasteiger partial charge in [-0.05, 0) is 18.2 Å². The van der Waals surface area contributed by atoms with Gasteiger partial charge in [-0.25, -0.2) is 4.79 Å². The van der Waals surface area contributed by atoms with Crippen molar-refractivity contribution in [3.8, 4) is 0 Å². The van der Waals surface area contributed by atoms with Crippen molar-refractivity contribution in [3.05, 3.63) is 27.7 Å². The van der Waals surface area contributed by atoms with Crippen molar-refractivity contribution in [1.82, 2.24) is 5.32 Å². The van der Waals surface area contributed by atoms with Gasteiger partial charge >= 0.3 is 12.2 Å². The molecule has 0 heterocycles. The number of carbonyl (C=O) groups is 1. The molecule has 1 atom stereocenters. The summed E-state index contributed by atoms with van der Waals surface area (Å²) in [5, 5.41) is 13.1. The highest BCUT2D eigenvalue weighted by atomic mass is 79.9. The lowest BCUT2D eigenvalue weighted by atomic mass is 10.3. The summed E-state index contributed by atoms with van der Waals surface area (Å²) in [6, 6.07) is 3.70. The van der Waals surface area contributed by atoms with Crippen LogP contribution < -0.4 is 10.6 Å². The van der Waals surface area contributed by atoms with Crippen LogP contribution in [-0.4, -0.2) is 30.0 Å². The van der Waals surface area contributed by atoms with Crippen LogP contribution in [0.15, 0.2) is 22.7 Å². The molecule has 4 nitrogen and oxygen atoms in total. The maximum absolute atomic E-state index is 12.0. The molecule has 0 aliphatic carbocycles. The second kappa shape index (κ2) is 6.44. The SMILES string of the molecule is O=C(NC[C@@H](O)C(F)(F)F)Nc1ccc(Br)cc1Cl. The molecule has 0 aliphatic rings. The number of anilines is 1. The summed E-state index contributed by atoms with van der Waals surface area (Å²) in [5.74, 6) is 0. The van der Waals surface area contributed by atoms with Gasteiger partial charge in [-0.1, -0.05) is 27.5 Å².